The number of ether oxygens (including phenoxy) is 3. The Morgan fingerprint density at radius 2 is 1.28 bits per heavy atom. The van der Waals surface area contributed by atoms with Crippen LogP contribution < -0.4 is 5.73 Å². The summed E-state index contributed by atoms with van der Waals surface area (Å²) in [5.74, 6) is -2.48. The van der Waals surface area contributed by atoms with E-state index < -0.39 is 51.1 Å². The van der Waals surface area contributed by atoms with Crippen molar-refractivity contribution in [1.29, 1.82) is 0 Å². The number of epoxide rings is 1. The molecule has 12 nitrogen and oxygen atoms in total. The summed E-state index contributed by atoms with van der Waals surface area (Å²) in [6.45, 7) is 2.63. The van der Waals surface area contributed by atoms with Crippen LogP contribution in [0.15, 0.2) is 48.6 Å². The lowest BCUT2D eigenvalue weighted by Crippen LogP contribution is -2.34. The molecule has 0 bridgehead atoms. The maximum absolute atomic E-state index is 12.5. The standard InChI is InChI=1S/C40H68NO11P/c1-3-5-7-8-9-10-11-16-19-22-26-30-39(43)51-34(32-49-53(46,47)50-33-35(41)40(44)45)31-48-38(42)29-25-21-18-15-13-12-14-17-20-24-28-37-36(52-37)27-23-6-4-2/h8-9,12,14-15,18,20,24,34-37H,3-7,10-11,13,16-17,19,21-23,25-33,41H2,1-2H3,(H,44,45)(H,46,47)/b9-8-,14-12-,18-15-,24-20-/t34-,35+,36?,37?/m1/s1. The van der Waals surface area contributed by atoms with Crippen molar-refractivity contribution in [1.82, 2.24) is 0 Å². The monoisotopic (exact) mass is 769 g/mol. The van der Waals surface area contributed by atoms with E-state index >= 15 is 0 Å². The number of carbonyl (C=O) groups is 3. The van der Waals surface area contributed by atoms with Crippen molar-refractivity contribution in [2.45, 2.75) is 167 Å². The zero-order valence-corrected chi connectivity index (χ0v) is 33.2. The van der Waals surface area contributed by atoms with Crippen molar-refractivity contribution in [3.8, 4) is 0 Å². The highest BCUT2D eigenvalue weighted by molar-refractivity contribution is 7.47. The van der Waals surface area contributed by atoms with Crippen LogP contribution in [0.4, 0.5) is 0 Å². The van der Waals surface area contributed by atoms with Crippen LogP contribution in [0, 0.1) is 0 Å². The Labute approximate surface area is 318 Å². The number of aliphatic carboxylic acids is 1. The van der Waals surface area contributed by atoms with Gasteiger partial charge in [-0.2, -0.15) is 0 Å². The van der Waals surface area contributed by atoms with Crippen LogP contribution >= 0.6 is 7.82 Å². The Morgan fingerprint density at radius 1 is 0.698 bits per heavy atom. The third-order valence-corrected chi connectivity index (χ3v) is 9.42. The quantitative estimate of drug-likeness (QED) is 0.0183. The SMILES string of the molecule is CCCC/C=C\CCCCCCCC(=O)O[C@H](COC(=O)CCC/C=C\C/C=C\C/C=C\CC1OC1CCCCC)COP(=O)(O)OC[C@H](N)C(=O)O. The Balaban J connectivity index is 2.35. The second-order valence-corrected chi connectivity index (χ2v) is 14.9. The van der Waals surface area contributed by atoms with Gasteiger partial charge in [0.2, 0.25) is 0 Å². The van der Waals surface area contributed by atoms with Gasteiger partial charge in [-0.25, -0.2) is 4.57 Å². The molecule has 5 atom stereocenters. The van der Waals surface area contributed by atoms with Crippen molar-refractivity contribution in [3.63, 3.8) is 0 Å². The minimum Gasteiger partial charge on any atom is -0.480 e. The van der Waals surface area contributed by atoms with Gasteiger partial charge >= 0.3 is 25.7 Å². The molecule has 1 aliphatic rings. The van der Waals surface area contributed by atoms with Crippen LogP contribution in [0.3, 0.4) is 0 Å². The molecule has 0 spiro atoms. The number of unbranched alkanes of at least 4 members (excludes halogenated alkanes) is 10. The number of carboxylic acids is 1. The van der Waals surface area contributed by atoms with Crippen LogP contribution in [0.2, 0.25) is 0 Å². The van der Waals surface area contributed by atoms with Gasteiger partial charge in [-0.3, -0.25) is 23.4 Å². The highest BCUT2D eigenvalue weighted by Crippen LogP contribution is 2.43. The van der Waals surface area contributed by atoms with Gasteiger partial charge in [-0.1, -0.05) is 114 Å². The molecule has 0 saturated carbocycles. The Bertz CT molecular complexity index is 1160. The third-order valence-electron chi connectivity index (χ3n) is 8.47. The van der Waals surface area contributed by atoms with E-state index in [-0.39, 0.29) is 19.4 Å². The summed E-state index contributed by atoms with van der Waals surface area (Å²) in [6, 6.07) is -1.53. The first-order chi connectivity index (χ1) is 25.6. The number of phosphoric acid groups is 1. The van der Waals surface area contributed by atoms with Gasteiger partial charge in [0.1, 0.15) is 12.6 Å². The van der Waals surface area contributed by atoms with Crippen LogP contribution in [0.5, 0.6) is 0 Å². The zero-order chi connectivity index (χ0) is 39.0. The van der Waals surface area contributed by atoms with Crippen molar-refractivity contribution in [2.75, 3.05) is 19.8 Å². The highest BCUT2D eigenvalue weighted by atomic mass is 31.2. The maximum atomic E-state index is 12.5. The summed E-state index contributed by atoms with van der Waals surface area (Å²) in [4.78, 5) is 45.7. The lowest BCUT2D eigenvalue weighted by Gasteiger charge is -2.20. The second kappa shape index (κ2) is 31.7. The van der Waals surface area contributed by atoms with Gasteiger partial charge in [0.15, 0.2) is 6.10 Å². The second-order valence-electron chi connectivity index (χ2n) is 13.4. The lowest BCUT2D eigenvalue weighted by atomic mass is 10.1. The van der Waals surface area contributed by atoms with Gasteiger partial charge in [0, 0.05) is 12.8 Å². The smallest absolute Gasteiger partial charge is 0.472 e. The van der Waals surface area contributed by atoms with Crippen LogP contribution in [-0.2, 0) is 42.2 Å². The Morgan fingerprint density at radius 3 is 2.00 bits per heavy atom. The van der Waals surface area contributed by atoms with E-state index in [0.29, 0.717) is 31.5 Å². The average Bonchev–Trinajstić information content (AvgIpc) is 3.88. The molecule has 53 heavy (non-hydrogen) atoms. The lowest BCUT2D eigenvalue weighted by molar-refractivity contribution is -0.161. The largest absolute Gasteiger partial charge is 0.480 e. The molecule has 0 amide bonds. The number of nitrogens with two attached hydrogens (primary N) is 1. The van der Waals surface area contributed by atoms with E-state index in [1.54, 1.807) is 0 Å². The number of hydrogen-bond acceptors (Lipinski definition) is 10. The predicted octanol–water partition coefficient (Wildman–Crippen LogP) is 8.82. The van der Waals surface area contributed by atoms with Crippen molar-refractivity contribution in [2.24, 2.45) is 5.73 Å². The molecule has 0 radical (unpaired) electrons. The van der Waals surface area contributed by atoms with E-state index in [9.17, 15) is 23.8 Å². The summed E-state index contributed by atoms with van der Waals surface area (Å²) in [5.41, 5.74) is 5.31. The number of hydrogen-bond donors (Lipinski definition) is 3. The van der Waals surface area contributed by atoms with E-state index in [2.05, 4.69) is 54.8 Å². The van der Waals surface area contributed by atoms with Gasteiger partial charge in [0.25, 0.3) is 0 Å². The van der Waals surface area contributed by atoms with Crippen LogP contribution in [-0.4, -0.2) is 72.1 Å². The summed E-state index contributed by atoms with van der Waals surface area (Å²) >= 11 is 0. The summed E-state index contributed by atoms with van der Waals surface area (Å²) in [6.07, 6.45) is 35.1. The molecule has 1 aliphatic heterocycles. The fourth-order valence-electron chi connectivity index (χ4n) is 5.19. The molecule has 0 aromatic rings. The van der Waals surface area contributed by atoms with E-state index in [1.165, 1.54) is 38.5 Å². The highest BCUT2D eigenvalue weighted by Gasteiger charge is 2.36. The molecule has 304 valence electrons. The third kappa shape index (κ3) is 29.4. The fraction of sp³-hybridized carbons (Fsp3) is 0.725. The Kier molecular flexibility index (Phi) is 29.0. The first kappa shape index (κ1) is 48.4. The van der Waals surface area contributed by atoms with Crippen LogP contribution in [0.1, 0.15) is 142 Å². The molecular formula is C40H68NO11P. The van der Waals surface area contributed by atoms with Gasteiger partial charge in [0.05, 0.1) is 25.4 Å². The predicted molar refractivity (Wildman–Crippen MR) is 207 cm³/mol. The zero-order valence-electron chi connectivity index (χ0n) is 32.3. The maximum Gasteiger partial charge on any atom is 0.472 e. The molecule has 0 aromatic carbocycles. The van der Waals surface area contributed by atoms with E-state index in [1.807, 2.05) is 12.2 Å². The molecule has 1 rings (SSSR count). The molecule has 3 unspecified atom stereocenters. The summed E-state index contributed by atoms with van der Waals surface area (Å²) in [5, 5.41) is 8.86. The van der Waals surface area contributed by atoms with E-state index in [0.717, 1.165) is 57.8 Å². The van der Waals surface area contributed by atoms with Crippen LogP contribution in [0.25, 0.3) is 0 Å². The Hall–Kier alpha value is -2.60. The molecule has 4 N–H and O–H groups in total. The fourth-order valence-corrected chi connectivity index (χ4v) is 5.97. The minimum atomic E-state index is -4.73. The molecule has 0 aliphatic carbocycles. The van der Waals surface area contributed by atoms with Crippen molar-refractivity contribution >= 4 is 25.7 Å². The normalized spacial score (nSPS) is 18.2. The number of phosphoric ester groups is 1. The topological polar surface area (TPSA) is 184 Å². The molecule has 0 aromatic heterocycles. The summed E-state index contributed by atoms with van der Waals surface area (Å²) < 4.78 is 38.2. The first-order valence-corrected chi connectivity index (χ1v) is 21.3. The number of carboxylic acid groups (broad SMARTS) is 1. The minimum absolute atomic E-state index is 0.135. The molecule has 1 heterocycles. The van der Waals surface area contributed by atoms with E-state index in [4.69, 9.17) is 29.6 Å². The van der Waals surface area contributed by atoms with Crippen molar-refractivity contribution < 1.29 is 52.2 Å². The summed E-state index contributed by atoms with van der Waals surface area (Å²) in [7, 11) is -4.73. The molecular weight excluding hydrogens is 701 g/mol. The molecule has 13 heteroatoms. The number of rotatable bonds is 35. The number of allylic oxidation sites excluding steroid dienone is 7. The molecule has 1 fully saturated rings. The molecule has 1 saturated heterocycles. The van der Waals surface area contributed by atoms with Gasteiger partial charge in [-0.15, -0.1) is 0 Å². The number of carbonyl (C=O) groups excluding carboxylic acids is 2. The number of esters is 2. The van der Waals surface area contributed by atoms with Crippen molar-refractivity contribution in [3.05, 3.63) is 48.6 Å². The first-order valence-electron chi connectivity index (χ1n) is 19.8. The van der Waals surface area contributed by atoms with Gasteiger partial charge < -0.3 is 29.9 Å². The average molecular weight is 770 g/mol. The van der Waals surface area contributed by atoms with Gasteiger partial charge in [-0.05, 0) is 64.2 Å².